The van der Waals surface area contributed by atoms with Crippen molar-refractivity contribution in [2.24, 2.45) is 0 Å². The second kappa shape index (κ2) is 3.60. The Bertz CT molecular complexity index is 270. The summed E-state index contributed by atoms with van der Waals surface area (Å²) in [4.78, 5) is 15.2. The van der Waals surface area contributed by atoms with Gasteiger partial charge < -0.3 is 0 Å². The summed E-state index contributed by atoms with van der Waals surface area (Å²) < 4.78 is 6.17. The van der Waals surface area contributed by atoms with Gasteiger partial charge in [-0.15, -0.1) is 0 Å². The van der Waals surface area contributed by atoms with Gasteiger partial charge in [-0.25, -0.2) is 0 Å². The van der Waals surface area contributed by atoms with Crippen LogP contribution in [0.4, 0.5) is 0 Å². The van der Waals surface area contributed by atoms with E-state index >= 15 is 0 Å². The van der Waals surface area contributed by atoms with E-state index in [4.69, 9.17) is 4.74 Å². The van der Waals surface area contributed by atoms with Gasteiger partial charge in [0.2, 0.25) is 0 Å². The fourth-order valence-electron chi connectivity index (χ4n) is 0.857. The van der Waals surface area contributed by atoms with Crippen LogP contribution in [0, 0.1) is 0 Å². The van der Waals surface area contributed by atoms with Crippen molar-refractivity contribution in [2.75, 3.05) is 7.11 Å². The quantitative estimate of drug-likeness (QED) is 0.755. The molecular formula is C8H14N2OSn. The summed E-state index contributed by atoms with van der Waals surface area (Å²) in [6.45, 7) is 0. The summed E-state index contributed by atoms with van der Waals surface area (Å²) in [6, 6.07) is 2.48. The van der Waals surface area contributed by atoms with Gasteiger partial charge in [-0.3, -0.25) is 0 Å². The predicted octanol–water partition coefficient (Wildman–Crippen LogP) is 1.03. The number of methoxy groups -OCH3 is 1. The van der Waals surface area contributed by atoms with Gasteiger partial charge in [-0.05, 0) is 0 Å². The van der Waals surface area contributed by atoms with Crippen LogP contribution in [0.25, 0.3) is 0 Å². The molecule has 1 heterocycles. The van der Waals surface area contributed by atoms with Gasteiger partial charge in [-0.1, -0.05) is 0 Å². The molecule has 0 aromatic carbocycles. The minimum absolute atomic E-state index is 0.485. The zero-order valence-corrected chi connectivity index (χ0v) is 10.8. The molecule has 0 unspecified atom stereocenters. The number of rotatable bonds is 2. The van der Waals surface area contributed by atoms with Crippen LogP contribution in [0.15, 0.2) is 12.3 Å². The van der Waals surface area contributed by atoms with E-state index in [2.05, 4.69) is 24.8 Å². The summed E-state index contributed by atoms with van der Waals surface area (Å²) in [5, 5.41) is 0. The molecule has 0 aliphatic carbocycles. The van der Waals surface area contributed by atoms with Crippen LogP contribution in [0.1, 0.15) is 0 Å². The van der Waals surface area contributed by atoms with E-state index in [0.717, 1.165) is 0 Å². The van der Waals surface area contributed by atoms with Crippen LogP contribution in [0.2, 0.25) is 14.8 Å². The molecule has 66 valence electrons. The van der Waals surface area contributed by atoms with Crippen molar-refractivity contribution in [2.45, 2.75) is 14.8 Å². The number of ether oxygens (including phenoxy) is 1. The summed E-state index contributed by atoms with van der Waals surface area (Å²) >= 11 is -2.01. The summed E-state index contributed by atoms with van der Waals surface area (Å²) in [5.74, 6) is 0. The minimum atomic E-state index is -2.01. The van der Waals surface area contributed by atoms with Crippen LogP contribution in [0.3, 0.4) is 0 Å². The first-order valence-electron chi connectivity index (χ1n) is 3.91. The van der Waals surface area contributed by atoms with Crippen molar-refractivity contribution in [3.63, 3.8) is 0 Å². The van der Waals surface area contributed by atoms with E-state index in [1.165, 1.54) is 3.71 Å². The van der Waals surface area contributed by atoms with Crippen molar-refractivity contribution in [3.05, 3.63) is 12.3 Å². The molecule has 1 rings (SSSR count). The Morgan fingerprint density at radius 1 is 1.33 bits per heavy atom. The third kappa shape index (κ3) is 2.33. The van der Waals surface area contributed by atoms with Crippen LogP contribution >= 0.6 is 0 Å². The van der Waals surface area contributed by atoms with Crippen LogP contribution in [-0.2, 0) is 0 Å². The SMILES string of the molecule is COc1ncc[c]([Sn]([CH3])([CH3])[CH3])n1. The van der Waals surface area contributed by atoms with E-state index in [9.17, 15) is 0 Å². The Balaban J connectivity index is 3.02. The van der Waals surface area contributed by atoms with Crippen molar-refractivity contribution in [1.29, 1.82) is 0 Å². The Kier molecular flexibility index (Phi) is 2.93. The third-order valence-corrected chi connectivity index (χ3v) is 6.77. The molecule has 0 saturated carbocycles. The van der Waals surface area contributed by atoms with Crippen LogP contribution < -0.4 is 8.45 Å². The molecule has 1 aromatic rings. The normalized spacial score (nSPS) is 11.3. The fourth-order valence-corrected chi connectivity index (χ4v) is 3.73. The maximum absolute atomic E-state index is 4.96. The van der Waals surface area contributed by atoms with E-state index in [0.29, 0.717) is 6.01 Å². The van der Waals surface area contributed by atoms with Gasteiger partial charge in [0.15, 0.2) is 0 Å². The molecule has 0 N–H and O–H groups in total. The first-order valence-corrected chi connectivity index (χ1v) is 13.9. The fraction of sp³-hybridized carbons (Fsp3) is 0.500. The van der Waals surface area contributed by atoms with E-state index < -0.39 is 18.4 Å². The predicted molar refractivity (Wildman–Crippen MR) is 51.6 cm³/mol. The average molecular weight is 273 g/mol. The van der Waals surface area contributed by atoms with Gasteiger partial charge in [0.1, 0.15) is 0 Å². The molecule has 0 atom stereocenters. The number of hydrogen-bond donors (Lipinski definition) is 0. The summed E-state index contributed by atoms with van der Waals surface area (Å²) in [7, 11) is 1.59. The molecule has 0 aliphatic rings. The first-order chi connectivity index (χ1) is 5.54. The molecule has 0 amide bonds. The van der Waals surface area contributed by atoms with Gasteiger partial charge in [0.25, 0.3) is 0 Å². The first kappa shape index (κ1) is 9.76. The number of nitrogens with zero attached hydrogens (tertiary/aromatic N) is 2. The summed E-state index contributed by atoms with van der Waals surface area (Å²) in [5.41, 5.74) is 0. The average Bonchev–Trinajstić information content (AvgIpc) is 2.03. The monoisotopic (exact) mass is 274 g/mol. The maximum atomic E-state index is 4.96. The molecule has 0 aliphatic heterocycles. The molecule has 0 bridgehead atoms. The van der Waals surface area contributed by atoms with Gasteiger partial charge >= 0.3 is 77.0 Å². The van der Waals surface area contributed by atoms with E-state index in [-0.39, 0.29) is 0 Å². The topological polar surface area (TPSA) is 35.0 Å². The third-order valence-electron chi connectivity index (χ3n) is 1.58. The Labute approximate surface area is 77.1 Å². The van der Waals surface area contributed by atoms with Crippen molar-refractivity contribution in [3.8, 4) is 6.01 Å². The summed E-state index contributed by atoms with van der Waals surface area (Å²) in [6.07, 6.45) is 1.77. The van der Waals surface area contributed by atoms with Gasteiger partial charge in [-0.2, -0.15) is 0 Å². The molecule has 4 heteroatoms. The molecule has 12 heavy (non-hydrogen) atoms. The molecule has 0 fully saturated rings. The molecule has 0 saturated heterocycles. The van der Waals surface area contributed by atoms with Crippen LogP contribution in [0.5, 0.6) is 6.01 Å². The number of aromatic nitrogens is 2. The Hall–Kier alpha value is -0.321. The van der Waals surface area contributed by atoms with E-state index in [1.807, 2.05) is 6.07 Å². The van der Waals surface area contributed by atoms with Gasteiger partial charge in [0.05, 0.1) is 0 Å². The molecule has 1 aromatic heterocycles. The Morgan fingerprint density at radius 3 is 2.50 bits per heavy atom. The standard InChI is InChI=1S/C5H5N2O.3CH3.Sn/c1-8-5-6-3-2-4-7-5;;;;/h2-3H,1H3;3*1H3;. The molecule has 0 spiro atoms. The van der Waals surface area contributed by atoms with Gasteiger partial charge in [0, 0.05) is 0 Å². The zero-order valence-electron chi connectivity index (χ0n) is 7.96. The second-order valence-corrected chi connectivity index (χ2v) is 18.0. The number of hydrogen-bond acceptors (Lipinski definition) is 3. The van der Waals surface area contributed by atoms with E-state index in [1.54, 1.807) is 13.3 Å². The molecule has 0 radical (unpaired) electrons. The second-order valence-electron chi connectivity index (χ2n) is 3.68. The van der Waals surface area contributed by atoms with Crippen molar-refractivity contribution in [1.82, 2.24) is 9.97 Å². The molecular weight excluding hydrogens is 259 g/mol. The van der Waals surface area contributed by atoms with Crippen molar-refractivity contribution < 1.29 is 4.74 Å². The molecule has 3 nitrogen and oxygen atoms in total. The zero-order chi connectivity index (χ0) is 9.19. The Morgan fingerprint density at radius 2 is 2.00 bits per heavy atom. The van der Waals surface area contributed by atoms with Crippen LogP contribution in [-0.4, -0.2) is 35.5 Å². The van der Waals surface area contributed by atoms with Crippen molar-refractivity contribution >= 4 is 22.1 Å².